The molecule has 0 fully saturated rings. The van der Waals surface area contributed by atoms with Gasteiger partial charge in [-0.1, -0.05) is 23.2 Å². The first-order valence-electron chi connectivity index (χ1n) is 7.52. The van der Waals surface area contributed by atoms with Crippen LogP contribution < -0.4 is 19.8 Å². The number of rotatable bonds is 6. The van der Waals surface area contributed by atoms with Crippen molar-refractivity contribution >= 4 is 23.2 Å². The van der Waals surface area contributed by atoms with Gasteiger partial charge in [0.15, 0.2) is 11.5 Å². The van der Waals surface area contributed by atoms with Gasteiger partial charge >= 0.3 is 0 Å². The molecule has 142 valence electrons. The maximum Gasteiger partial charge on any atom is 0.287 e. The van der Waals surface area contributed by atoms with Crippen molar-refractivity contribution in [3.63, 3.8) is 0 Å². The van der Waals surface area contributed by atoms with Crippen molar-refractivity contribution in [1.82, 2.24) is 20.0 Å². The molecular weight excluding hydrogens is 399 g/mol. The van der Waals surface area contributed by atoms with Crippen molar-refractivity contribution in [1.29, 1.82) is 0 Å². The standard InChI is InChI=1S/C16H14Cl2N4O5/c1-24-10-4-8(5-11(25-2)14(10)26-3)15-21-20-12(27-15)7-22-16(23)13(18)9(17)6-19-22/h4-6H,7H2,1-3H3. The molecule has 0 aliphatic heterocycles. The van der Waals surface area contributed by atoms with E-state index >= 15 is 0 Å². The molecule has 0 N–H and O–H groups in total. The van der Waals surface area contributed by atoms with Crippen LogP contribution in [0.2, 0.25) is 10.0 Å². The molecule has 0 aliphatic rings. The van der Waals surface area contributed by atoms with Gasteiger partial charge in [-0.15, -0.1) is 10.2 Å². The van der Waals surface area contributed by atoms with Crippen LogP contribution in [0, 0.1) is 0 Å². The predicted octanol–water partition coefficient (Wildman–Crippen LogP) is 2.67. The van der Waals surface area contributed by atoms with Gasteiger partial charge in [-0.3, -0.25) is 4.79 Å². The summed E-state index contributed by atoms with van der Waals surface area (Å²) in [5, 5.41) is 11.8. The fraction of sp³-hybridized carbons (Fsp3) is 0.250. The van der Waals surface area contributed by atoms with E-state index in [0.29, 0.717) is 22.8 Å². The summed E-state index contributed by atoms with van der Waals surface area (Å²) in [7, 11) is 4.51. The molecule has 0 aliphatic carbocycles. The van der Waals surface area contributed by atoms with Crippen LogP contribution >= 0.6 is 23.2 Å². The highest BCUT2D eigenvalue weighted by Gasteiger charge is 2.18. The van der Waals surface area contributed by atoms with Crippen LogP contribution in [0.3, 0.4) is 0 Å². The molecule has 0 radical (unpaired) electrons. The second-order valence-corrected chi connectivity index (χ2v) is 5.97. The second kappa shape index (κ2) is 7.85. The fourth-order valence-electron chi connectivity index (χ4n) is 2.32. The number of methoxy groups -OCH3 is 3. The Bertz CT molecular complexity index is 1010. The van der Waals surface area contributed by atoms with Crippen molar-refractivity contribution in [3.05, 3.63) is 44.6 Å². The van der Waals surface area contributed by atoms with Crippen molar-refractivity contribution in [2.45, 2.75) is 6.54 Å². The zero-order chi connectivity index (χ0) is 19.6. The van der Waals surface area contributed by atoms with E-state index in [1.165, 1.54) is 27.5 Å². The van der Waals surface area contributed by atoms with Crippen LogP contribution in [-0.2, 0) is 6.54 Å². The third kappa shape index (κ3) is 3.69. The molecule has 0 saturated heterocycles. The number of nitrogens with zero attached hydrogens (tertiary/aromatic N) is 4. The van der Waals surface area contributed by atoms with Crippen LogP contribution in [0.4, 0.5) is 0 Å². The third-order valence-electron chi connectivity index (χ3n) is 3.61. The van der Waals surface area contributed by atoms with Gasteiger partial charge in [-0.2, -0.15) is 5.10 Å². The highest BCUT2D eigenvalue weighted by molar-refractivity contribution is 6.41. The predicted molar refractivity (Wildman–Crippen MR) is 97.0 cm³/mol. The van der Waals surface area contributed by atoms with Crippen LogP contribution in [0.1, 0.15) is 5.89 Å². The number of hydrogen-bond acceptors (Lipinski definition) is 8. The van der Waals surface area contributed by atoms with E-state index in [0.717, 1.165) is 4.68 Å². The largest absolute Gasteiger partial charge is 0.493 e. The van der Waals surface area contributed by atoms with Gasteiger partial charge in [0, 0.05) is 5.56 Å². The normalized spacial score (nSPS) is 10.7. The van der Waals surface area contributed by atoms with E-state index in [1.807, 2.05) is 0 Å². The first-order valence-corrected chi connectivity index (χ1v) is 8.28. The van der Waals surface area contributed by atoms with Crippen LogP contribution in [0.25, 0.3) is 11.5 Å². The summed E-state index contributed by atoms with van der Waals surface area (Å²) in [5.74, 6) is 1.68. The summed E-state index contributed by atoms with van der Waals surface area (Å²) in [6, 6.07) is 3.34. The Hall–Kier alpha value is -2.78. The Labute approximate surface area is 163 Å². The number of aromatic nitrogens is 4. The SMILES string of the molecule is COc1cc(-c2nnc(Cn3ncc(Cl)c(Cl)c3=O)o2)cc(OC)c1OC. The fourth-order valence-corrected chi connectivity index (χ4v) is 2.60. The maximum absolute atomic E-state index is 12.1. The average Bonchev–Trinajstić information content (AvgIpc) is 3.15. The van der Waals surface area contributed by atoms with Gasteiger partial charge in [0.2, 0.25) is 17.5 Å². The summed E-state index contributed by atoms with van der Waals surface area (Å²) in [4.78, 5) is 12.1. The van der Waals surface area contributed by atoms with Crippen molar-refractivity contribution < 1.29 is 18.6 Å². The van der Waals surface area contributed by atoms with E-state index in [4.69, 9.17) is 41.8 Å². The molecule has 1 aromatic carbocycles. The Morgan fingerprint density at radius 3 is 2.33 bits per heavy atom. The van der Waals surface area contributed by atoms with Crippen molar-refractivity contribution in [2.24, 2.45) is 0 Å². The van der Waals surface area contributed by atoms with Crippen molar-refractivity contribution in [3.8, 4) is 28.7 Å². The molecule has 0 bridgehead atoms. The van der Waals surface area contributed by atoms with Gasteiger partial charge < -0.3 is 18.6 Å². The lowest BCUT2D eigenvalue weighted by Gasteiger charge is -2.12. The lowest BCUT2D eigenvalue weighted by Crippen LogP contribution is -2.23. The Kier molecular flexibility index (Phi) is 5.52. The molecule has 3 rings (SSSR count). The number of benzene rings is 1. The van der Waals surface area contributed by atoms with Gasteiger partial charge in [0.25, 0.3) is 5.56 Å². The average molecular weight is 413 g/mol. The topological polar surface area (TPSA) is 102 Å². The van der Waals surface area contributed by atoms with Crippen LogP contribution in [0.15, 0.2) is 27.5 Å². The first-order chi connectivity index (χ1) is 13.0. The molecule has 2 aromatic heterocycles. The Morgan fingerprint density at radius 2 is 1.74 bits per heavy atom. The van der Waals surface area contributed by atoms with E-state index in [2.05, 4.69) is 15.3 Å². The highest BCUT2D eigenvalue weighted by atomic mass is 35.5. The molecule has 0 saturated carbocycles. The highest BCUT2D eigenvalue weighted by Crippen LogP contribution is 2.40. The summed E-state index contributed by atoms with van der Waals surface area (Å²) in [6.07, 6.45) is 1.27. The maximum atomic E-state index is 12.1. The van der Waals surface area contributed by atoms with Gasteiger partial charge in [0.05, 0.1) is 32.5 Å². The third-order valence-corrected chi connectivity index (χ3v) is 4.35. The smallest absolute Gasteiger partial charge is 0.287 e. The molecule has 0 amide bonds. The number of hydrogen-bond donors (Lipinski definition) is 0. The molecule has 9 nitrogen and oxygen atoms in total. The van der Waals surface area contributed by atoms with E-state index in [9.17, 15) is 4.79 Å². The lowest BCUT2D eigenvalue weighted by atomic mass is 10.2. The summed E-state index contributed by atoms with van der Waals surface area (Å²) in [5.41, 5.74) is -0.00519. The Balaban J connectivity index is 1.95. The summed E-state index contributed by atoms with van der Waals surface area (Å²) >= 11 is 11.6. The molecule has 27 heavy (non-hydrogen) atoms. The van der Waals surface area contributed by atoms with E-state index < -0.39 is 5.56 Å². The van der Waals surface area contributed by atoms with Crippen molar-refractivity contribution in [2.75, 3.05) is 21.3 Å². The molecule has 0 spiro atoms. The van der Waals surface area contributed by atoms with Gasteiger partial charge in [-0.05, 0) is 12.1 Å². The zero-order valence-corrected chi connectivity index (χ0v) is 16.0. The molecule has 0 unspecified atom stereocenters. The molecule has 11 heteroatoms. The van der Waals surface area contributed by atoms with Crippen LogP contribution in [-0.4, -0.2) is 41.3 Å². The number of ether oxygens (including phenoxy) is 3. The minimum atomic E-state index is -0.559. The molecule has 2 heterocycles. The van der Waals surface area contributed by atoms with E-state index in [1.54, 1.807) is 12.1 Å². The molecular formula is C16H14Cl2N4O5. The first kappa shape index (κ1) is 19.0. The number of halogens is 2. The quantitative estimate of drug-likeness (QED) is 0.608. The van der Waals surface area contributed by atoms with Gasteiger partial charge in [0.1, 0.15) is 11.6 Å². The lowest BCUT2D eigenvalue weighted by molar-refractivity contribution is 0.324. The zero-order valence-electron chi connectivity index (χ0n) is 14.5. The van der Waals surface area contributed by atoms with Crippen LogP contribution in [0.5, 0.6) is 17.2 Å². The monoisotopic (exact) mass is 412 g/mol. The minimum absolute atomic E-state index is 0.0624. The Morgan fingerprint density at radius 1 is 1.07 bits per heavy atom. The molecule has 0 atom stereocenters. The second-order valence-electron chi connectivity index (χ2n) is 5.18. The van der Waals surface area contributed by atoms with E-state index in [-0.39, 0.29) is 28.4 Å². The molecule has 3 aromatic rings. The minimum Gasteiger partial charge on any atom is -0.493 e. The van der Waals surface area contributed by atoms with Gasteiger partial charge in [-0.25, -0.2) is 4.68 Å². The summed E-state index contributed by atoms with van der Waals surface area (Å²) < 4.78 is 22.6. The summed E-state index contributed by atoms with van der Waals surface area (Å²) in [6.45, 7) is -0.0624.